The van der Waals surface area contributed by atoms with Crippen molar-refractivity contribution in [3.63, 3.8) is 0 Å². The lowest BCUT2D eigenvalue weighted by Crippen LogP contribution is -2.29. The molecule has 0 aliphatic carbocycles. The number of nitrogens with two attached hydrogens (primary N) is 1. The third-order valence-corrected chi connectivity index (χ3v) is 3.45. The van der Waals surface area contributed by atoms with Crippen LogP contribution in [0.25, 0.3) is 0 Å². The van der Waals surface area contributed by atoms with Crippen molar-refractivity contribution in [1.29, 1.82) is 0 Å². The molecule has 18 heavy (non-hydrogen) atoms. The zero-order valence-electron chi connectivity index (χ0n) is 11.9. The number of hydrogen-bond donors (Lipinski definition) is 2. The Hall–Kier alpha value is -0.870. The zero-order chi connectivity index (χ0) is 13.2. The molecule has 1 atom stereocenters. The number of hydrazine groups is 1. The van der Waals surface area contributed by atoms with Crippen LogP contribution in [0.1, 0.15) is 70.5 Å². The van der Waals surface area contributed by atoms with E-state index in [-0.39, 0.29) is 6.04 Å². The first-order chi connectivity index (χ1) is 8.83. The van der Waals surface area contributed by atoms with Crippen LogP contribution in [0.5, 0.6) is 0 Å². The van der Waals surface area contributed by atoms with E-state index in [2.05, 4.69) is 30.4 Å². The smallest absolute Gasteiger partial charge is 0.0629 e. The van der Waals surface area contributed by atoms with Crippen molar-refractivity contribution in [3.8, 4) is 0 Å². The number of nitrogens with zero attached hydrogens (tertiary/aromatic N) is 2. The fourth-order valence-electron chi connectivity index (χ4n) is 2.35. The van der Waals surface area contributed by atoms with Gasteiger partial charge in [0.2, 0.25) is 0 Å². The maximum Gasteiger partial charge on any atom is 0.0629 e. The van der Waals surface area contributed by atoms with Crippen molar-refractivity contribution in [2.45, 2.75) is 71.4 Å². The fourth-order valence-corrected chi connectivity index (χ4v) is 2.35. The molecule has 0 fully saturated rings. The predicted molar refractivity (Wildman–Crippen MR) is 76.0 cm³/mol. The Bertz CT molecular complexity index is 308. The molecule has 0 aliphatic rings. The van der Waals surface area contributed by atoms with Gasteiger partial charge in [-0.1, -0.05) is 45.4 Å². The third kappa shape index (κ3) is 4.78. The Balaban J connectivity index is 2.29. The second-order valence-corrected chi connectivity index (χ2v) is 4.85. The molecule has 0 amide bonds. The van der Waals surface area contributed by atoms with Crippen molar-refractivity contribution in [2.75, 3.05) is 0 Å². The summed E-state index contributed by atoms with van der Waals surface area (Å²) in [6.45, 7) is 5.26. The zero-order valence-corrected chi connectivity index (χ0v) is 11.9. The highest BCUT2D eigenvalue weighted by molar-refractivity contribution is 5.06. The van der Waals surface area contributed by atoms with Crippen LogP contribution in [0, 0.1) is 0 Å². The summed E-state index contributed by atoms with van der Waals surface area (Å²) in [4.78, 5) is 0. The normalized spacial score (nSPS) is 12.8. The van der Waals surface area contributed by atoms with Crippen molar-refractivity contribution in [3.05, 3.63) is 18.0 Å². The van der Waals surface area contributed by atoms with Gasteiger partial charge in [-0.15, -0.1) is 0 Å². The van der Waals surface area contributed by atoms with Gasteiger partial charge in [0.15, 0.2) is 0 Å². The number of aromatic nitrogens is 2. The van der Waals surface area contributed by atoms with Crippen LogP contribution in [0.3, 0.4) is 0 Å². The maximum absolute atomic E-state index is 5.66. The molecular weight excluding hydrogens is 224 g/mol. The number of unbranched alkanes of at least 4 members (excludes halogenated alkanes) is 5. The van der Waals surface area contributed by atoms with Gasteiger partial charge in [-0.05, 0) is 19.4 Å². The summed E-state index contributed by atoms with van der Waals surface area (Å²) in [6, 6.07) is 2.30. The molecule has 0 spiro atoms. The van der Waals surface area contributed by atoms with Gasteiger partial charge >= 0.3 is 0 Å². The Morgan fingerprint density at radius 1 is 1.22 bits per heavy atom. The first kappa shape index (κ1) is 15.2. The molecule has 1 rings (SSSR count). The number of aryl methyl sites for hydroxylation is 1. The second kappa shape index (κ2) is 9.11. The van der Waals surface area contributed by atoms with Crippen LogP contribution in [-0.4, -0.2) is 9.78 Å². The molecule has 0 saturated heterocycles. The van der Waals surface area contributed by atoms with E-state index in [0.29, 0.717) is 0 Å². The van der Waals surface area contributed by atoms with Crippen molar-refractivity contribution in [1.82, 2.24) is 15.2 Å². The van der Waals surface area contributed by atoms with Crippen molar-refractivity contribution >= 4 is 0 Å². The summed E-state index contributed by atoms with van der Waals surface area (Å²) in [5.41, 5.74) is 4.12. The number of hydrogen-bond acceptors (Lipinski definition) is 3. The first-order valence-electron chi connectivity index (χ1n) is 7.31. The van der Waals surface area contributed by atoms with Crippen LogP contribution < -0.4 is 11.3 Å². The molecule has 0 bridgehead atoms. The summed E-state index contributed by atoms with van der Waals surface area (Å²) in [7, 11) is 0. The molecule has 1 heterocycles. The van der Waals surface area contributed by atoms with E-state index in [1.807, 2.05) is 10.9 Å². The van der Waals surface area contributed by atoms with Gasteiger partial charge < -0.3 is 0 Å². The average molecular weight is 252 g/mol. The summed E-state index contributed by atoms with van der Waals surface area (Å²) < 4.78 is 2.02. The Morgan fingerprint density at radius 3 is 2.61 bits per heavy atom. The molecule has 0 aromatic carbocycles. The SMILES string of the molecule is CCCCCCCCC(NN)c1ccnn1CC. The molecule has 3 N–H and O–H groups in total. The number of rotatable bonds is 10. The molecule has 0 saturated carbocycles. The van der Waals surface area contributed by atoms with Crippen LogP contribution in [0.2, 0.25) is 0 Å². The Kier molecular flexibility index (Phi) is 7.69. The molecule has 1 unspecified atom stereocenters. The van der Waals surface area contributed by atoms with E-state index in [1.165, 1.54) is 44.2 Å². The van der Waals surface area contributed by atoms with Gasteiger partial charge in [-0.2, -0.15) is 5.10 Å². The number of nitrogens with one attached hydrogen (secondary N) is 1. The van der Waals surface area contributed by atoms with Gasteiger partial charge in [0.1, 0.15) is 0 Å². The third-order valence-electron chi connectivity index (χ3n) is 3.45. The van der Waals surface area contributed by atoms with Crippen molar-refractivity contribution < 1.29 is 0 Å². The van der Waals surface area contributed by atoms with Crippen molar-refractivity contribution in [2.24, 2.45) is 5.84 Å². The molecule has 1 aromatic heterocycles. The van der Waals surface area contributed by atoms with Gasteiger partial charge in [0.25, 0.3) is 0 Å². The lowest BCUT2D eigenvalue weighted by Gasteiger charge is -2.17. The minimum absolute atomic E-state index is 0.235. The van der Waals surface area contributed by atoms with E-state index < -0.39 is 0 Å². The summed E-state index contributed by atoms with van der Waals surface area (Å²) in [5, 5.41) is 4.29. The lowest BCUT2D eigenvalue weighted by molar-refractivity contribution is 0.442. The summed E-state index contributed by atoms with van der Waals surface area (Å²) in [6.07, 6.45) is 10.9. The van der Waals surface area contributed by atoms with Gasteiger partial charge in [0.05, 0.1) is 11.7 Å². The van der Waals surface area contributed by atoms with E-state index in [1.54, 1.807) is 0 Å². The standard InChI is InChI=1S/C14H28N4/c1-3-5-6-7-8-9-10-13(17-15)14-11-12-16-18(14)4-2/h11-13,17H,3-10,15H2,1-2H3. The van der Waals surface area contributed by atoms with E-state index in [9.17, 15) is 0 Å². The lowest BCUT2D eigenvalue weighted by atomic mass is 10.0. The summed E-state index contributed by atoms with van der Waals surface area (Å²) in [5.74, 6) is 5.66. The first-order valence-corrected chi connectivity index (χ1v) is 7.31. The molecular formula is C14H28N4. The second-order valence-electron chi connectivity index (χ2n) is 4.85. The molecule has 0 aliphatic heterocycles. The molecule has 1 aromatic rings. The maximum atomic E-state index is 5.66. The highest BCUT2D eigenvalue weighted by atomic mass is 15.3. The highest BCUT2D eigenvalue weighted by Crippen LogP contribution is 2.19. The van der Waals surface area contributed by atoms with Crippen LogP contribution in [0.15, 0.2) is 12.3 Å². The predicted octanol–water partition coefficient (Wildman–Crippen LogP) is 3.16. The highest BCUT2D eigenvalue weighted by Gasteiger charge is 2.13. The molecule has 4 heteroatoms. The topological polar surface area (TPSA) is 55.9 Å². The van der Waals surface area contributed by atoms with Crippen LogP contribution in [-0.2, 0) is 6.54 Å². The molecule has 0 radical (unpaired) electrons. The Morgan fingerprint density at radius 2 is 1.94 bits per heavy atom. The van der Waals surface area contributed by atoms with Crippen LogP contribution in [0.4, 0.5) is 0 Å². The molecule has 104 valence electrons. The minimum atomic E-state index is 0.235. The van der Waals surface area contributed by atoms with Gasteiger partial charge in [-0.3, -0.25) is 16.0 Å². The fraction of sp³-hybridized carbons (Fsp3) is 0.786. The quantitative estimate of drug-likeness (QED) is 0.382. The van der Waals surface area contributed by atoms with E-state index >= 15 is 0 Å². The van der Waals surface area contributed by atoms with Crippen LogP contribution >= 0.6 is 0 Å². The largest absolute Gasteiger partial charge is 0.271 e. The van der Waals surface area contributed by atoms with E-state index in [4.69, 9.17) is 5.84 Å². The average Bonchev–Trinajstić information content (AvgIpc) is 2.86. The van der Waals surface area contributed by atoms with Gasteiger partial charge in [-0.25, -0.2) is 0 Å². The van der Waals surface area contributed by atoms with Gasteiger partial charge in [0, 0.05) is 12.7 Å². The Labute approximate surface area is 111 Å². The summed E-state index contributed by atoms with van der Waals surface area (Å²) >= 11 is 0. The van der Waals surface area contributed by atoms with E-state index in [0.717, 1.165) is 13.0 Å². The monoisotopic (exact) mass is 252 g/mol. The molecule has 4 nitrogen and oxygen atoms in total. The minimum Gasteiger partial charge on any atom is -0.271 e.